The van der Waals surface area contributed by atoms with Crippen LogP contribution in [0, 0.1) is 5.92 Å². The number of piperidine rings is 1. The van der Waals surface area contributed by atoms with Crippen LogP contribution in [-0.2, 0) is 21.4 Å². The molecule has 1 fully saturated rings. The smallest absolute Gasteiger partial charge is 0.241 e. The summed E-state index contributed by atoms with van der Waals surface area (Å²) >= 11 is 0. The van der Waals surface area contributed by atoms with Gasteiger partial charge in [-0.2, -0.15) is 4.98 Å². The van der Waals surface area contributed by atoms with Gasteiger partial charge in [0.2, 0.25) is 27.6 Å². The van der Waals surface area contributed by atoms with Gasteiger partial charge in [0.25, 0.3) is 0 Å². The predicted octanol–water partition coefficient (Wildman–Crippen LogP) is 3.00. The van der Waals surface area contributed by atoms with Crippen LogP contribution in [0.15, 0.2) is 47.0 Å². The van der Waals surface area contributed by atoms with Gasteiger partial charge in [-0.15, -0.1) is 0 Å². The average molecular weight is 530 g/mol. The fraction of sp³-hybridized carbons (Fsp3) is 0.400. The summed E-state index contributed by atoms with van der Waals surface area (Å²) in [7, 11) is 1.24. The summed E-state index contributed by atoms with van der Waals surface area (Å²) in [6.07, 6.45) is 2.51. The van der Waals surface area contributed by atoms with E-state index in [1.54, 1.807) is 50.6 Å². The average Bonchev–Trinajstić information content (AvgIpc) is 3.36. The van der Waals surface area contributed by atoms with Gasteiger partial charge in [-0.25, -0.2) is 8.42 Å². The summed E-state index contributed by atoms with van der Waals surface area (Å²) in [6, 6.07) is 12.2. The van der Waals surface area contributed by atoms with Crippen LogP contribution in [0.5, 0.6) is 11.5 Å². The van der Waals surface area contributed by atoms with Gasteiger partial charge in [0.15, 0.2) is 11.5 Å². The summed E-state index contributed by atoms with van der Waals surface area (Å²) in [5.74, 6) is 1.95. The number of ether oxygens (including phenoxy) is 2. The number of likely N-dealkylation sites (tertiary alicyclic amines) is 1. The van der Waals surface area contributed by atoms with E-state index in [2.05, 4.69) is 20.4 Å². The van der Waals surface area contributed by atoms with Gasteiger partial charge in [0.05, 0.1) is 32.7 Å². The maximum atomic E-state index is 12.8. The maximum Gasteiger partial charge on any atom is 0.241 e. The first kappa shape index (κ1) is 26.4. The van der Waals surface area contributed by atoms with Gasteiger partial charge in [0, 0.05) is 24.2 Å². The van der Waals surface area contributed by atoms with Crippen LogP contribution in [0.4, 0.5) is 11.4 Å². The number of nitrogens with one attached hydrogen (secondary N) is 1. The van der Waals surface area contributed by atoms with E-state index in [1.165, 1.54) is 11.4 Å². The minimum atomic E-state index is -3.39. The van der Waals surface area contributed by atoms with Gasteiger partial charge in [0.1, 0.15) is 0 Å². The minimum Gasteiger partial charge on any atom is -0.493 e. The topological polar surface area (TPSA) is 127 Å². The van der Waals surface area contributed by atoms with Crippen molar-refractivity contribution in [2.24, 2.45) is 5.92 Å². The third-order valence-corrected chi connectivity index (χ3v) is 7.61. The van der Waals surface area contributed by atoms with Crippen molar-refractivity contribution in [1.82, 2.24) is 15.0 Å². The molecule has 1 amide bonds. The molecule has 4 rings (SSSR count). The highest BCUT2D eigenvalue weighted by Crippen LogP contribution is 2.31. The molecule has 198 valence electrons. The summed E-state index contributed by atoms with van der Waals surface area (Å²) in [6.45, 7) is 1.92. The van der Waals surface area contributed by atoms with Crippen molar-refractivity contribution < 1.29 is 27.2 Å². The molecule has 1 aliphatic rings. The zero-order valence-corrected chi connectivity index (χ0v) is 22.1. The molecule has 0 atom stereocenters. The molecule has 2 heterocycles. The number of hydrogen-bond acceptors (Lipinski definition) is 9. The minimum absolute atomic E-state index is 0.0765. The van der Waals surface area contributed by atoms with E-state index in [0.29, 0.717) is 67.1 Å². The molecule has 1 saturated heterocycles. The second kappa shape index (κ2) is 11.2. The summed E-state index contributed by atoms with van der Waals surface area (Å²) < 4.78 is 40.9. The Hall–Kier alpha value is -3.64. The van der Waals surface area contributed by atoms with Gasteiger partial charge < -0.3 is 19.3 Å². The van der Waals surface area contributed by atoms with E-state index >= 15 is 0 Å². The van der Waals surface area contributed by atoms with E-state index in [0.717, 1.165) is 11.8 Å². The van der Waals surface area contributed by atoms with Crippen molar-refractivity contribution in [2.75, 3.05) is 50.2 Å². The number of hydrogen-bond donors (Lipinski definition) is 1. The Kier molecular flexibility index (Phi) is 7.98. The maximum absolute atomic E-state index is 12.8. The van der Waals surface area contributed by atoms with Crippen LogP contribution in [0.2, 0.25) is 0 Å². The largest absolute Gasteiger partial charge is 0.493 e. The second-order valence-corrected chi connectivity index (χ2v) is 10.9. The molecule has 0 aliphatic carbocycles. The first-order valence-corrected chi connectivity index (χ1v) is 13.6. The van der Waals surface area contributed by atoms with E-state index in [-0.39, 0.29) is 11.8 Å². The molecular formula is C25H31N5O6S. The number of amides is 1. The molecule has 1 N–H and O–H groups in total. The molecule has 1 aromatic heterocycles. The molecule has 2 aromatic carbocycles. The number of benzene rings is 2. The number of carbonyl (C=O) groups excluding carboxylic acids is 1. The number of sulfonamides is 1. The lowest BCUT2D eigenvalue weighted by molar-refractivity contribution is -0.121. The molecular weight excluding hydrogens is 498 g/mol. The first-order chi connectivity index (χ1) is 17.7. The van der Waals surface area contributed by atoms with Crippen molar-refractivity contribution >= 4 is 27.3 Å². The van der Waals surface area contributed by atoms with E-state index < -0.39 is 10.0 Å². The van der Waals surface area contributed by atoms with Crippen LogP contribution >= 0.6 is 0 Å². The number of methoxy groups -OCH3 is 2. The molecule has 3 aromatic rings. The van der Waals surface area contributed by atoms with E-state index in [9.17, 15) is 13.2 Å². The van der Waals surface area contributed by atoms with Crippen molar-refractivity contribution in [3.8, 4) is 22.9 Å². The van der Waals surface area contributed by atoms with Crippen LogP contribution in [0.1, 0.15) is 18.7 Å². The monoisotopic (exact) mass is 529 g/mol. The normalized spacial score (nSPS) is 14.8. The number of aromatic nitrogens is 2. The molecule has 0 spiro atoms. The quantitative estimate of drug-likeness (QED) is 0.445. The zero-order valence-electron chi connectivity index (χ0n) is 21.3. The van der Waals surface area contributed by atoms with Crippen molar-refractivity contribution in [2.45, 2.75) is 19.4 Å². The third-order valence-electron chi connectivity index (χ3n) is 6.40. The SMILES string of the molecule is COc1ccc(-c2noc(CN3CCC(C(=O)Nc4cccc(N(C)S(C)(=O)=O)c4)CC3)n2)cc1OC. The Bertz CT molecular complexity index is 1350. The van der Waals surface area contributed by atoms with Crippen molar-refractivity contribution in [3.63, 3.8) is 0 Å². The molecule has 0 saturated carbocycles. The standard InChI is InChI=1S/C25H31N5O6S/c1-29(37(4,32)33)20-7-5-6-19(15-20)26-25(31)17-10-12-30(13-11-17)16-23-27-24(28-36-23)18-8-9-21(34-2)22(14-18)35-3/h5-9,14-15,17H,10-13,16H2,1-4H3,(H,26,31). The number of nitrogens with zero attached hydrogens (tertiary/aromatic N) is 4. The molecule has 0 bridgehead atoms. The molecule has 37 heavy (non-hydrogen) atoms. The summed E-state index contributed by atoms with van der Waals surface area (Å²) in [5, 5.41) is 7.02. The Balaban J connectivity index is 1.31. The second-order valence-electron chi connectivity index (χ2n) is 8.90. The third kappa shape index (κ3) is 6.38. The van der Waals surface area contributed by atoms with Gasteiger partial charge in [-0.1, -0.05) is 11.2 Å². The van der Waals surface area contributed by atoms with Gasteiger partial charge in [-0.05, 0) is 62.3 Å². The molecule has 1 aliphatic heterocycles. The van der Waals surface area contributed by atoms with E-state index in [4.69, 9.17) is 14.0 Å². The first-order valence-electron chi connectivity index (χ1n) is 11.8. The fourth-order valence-corrected chi connectivity index (χ4v) is 4.67. The fourth-order valence-electron chi connectivity index (χ4n) is 4.17. The Morgan fingerprint density at radius 2 is 1.86 bits per heavy atom. The lowest BCUT2D eigenvalue weighted by Gasteiger charge is -2.30. The number of carbonyl (C=O) groups is 1. The lowest BCUT2D eigenvalue weighted by atomic mass is 9.96. The van der Waals surface area contributed by atoms with Gasteiger partial charge >= 0.3 is 0 Å². The number of rotatable bonds is 9. The molecule has 12 heteroatoms. The molecule has 11 nitrogen and oxygen atoms in total. The highest BCUT2D eigenvalue weighted by atomic mass is 32.2. The summed E-state index contributed by atoms with van der Waals surface area (Å²) in [5.41, 5.74) is 1.81. The number of anilines is 2. The highest BCUT2D eigenvalue weighted by Gasteiger charge is 2.26. The molecule has 0 unspecified atom stereocenters. The van der Waals surface area contributed by atoms with Crippen molar-refractivity contribution in [3.05, 3.63) is 48.4 Å². The van der Waals surface area contributed by atoms with E-state index in [1.807, 2.05) is 6.07 Å². The van der Waals surface area contributed by atoms with Gasteiger partial charge in [-0.3, -0.25) is 14.0 Å². The van der Waals surface area contributed by atoms with Crippen LogP contribution in [-0.4, -0.2) is 70.0 Å². The Morgan fingerprint density at radius 3 is 2.54 bits per heavy atom. The van der Waals surface area contributed by atoms with Crippen LogP contribution in [0.3, 0.4) is 0 Å². The van der Waals surface area contributed by atoms with Crippen molar-refractivity contribution in [1.29, 1.82) is 0 Å². The molecule has 0 radical (unpaired) electrons. The van der Waals surface area contributed by atoms with Crippen LogP contribution in [0.25, 0.3) is 11.4 Å². The summed E-state index contributed by atoms with van der Waals surface area (Å²) in [4.78, 5) is 19.5. The highest BCUT2D eigenvalue weighted by molar-refractivity contribution is 7.92. The lowest BCUT2D eigenvalue weighted by Crippen LogP contribution is -2.37. The zero-order chi connectivity index (χ0) is 26.6. The van der Waals surface area contributed by atoms with Crippen LogP contribution < -0.4 is 19.1 Å². The predicted molar refractivity (Wildman–Crippen MR) is 139 cm³/mol. The Morgan fingerprint density at radius 1 is 1.14 bits per heavy atom. The Labute approximate surface area is 216 Å².